The summed E-state index contributed by atoms with van der Waals surface area (Å²) in [5.74, 6) is -0.602. The third-order valence-electron chi connectivity index (χ3n) is 2.51. The van der Waals surface area contributed by atoms with Crippen molar-refractivity contribution in [3.05, 3.63) is 41.2 Å². The summed E-state index contributed by atoms with van der Waals surface area (Å²) >= 11 is 1.17. The number of rotatable bonds is 5. The van der Waals surface area contributed by atoms with Gasteiger partial charge in [0.1, 0.15) is 18.2 Å². The SMILES string of the molecule is COCc1nsc(NC(C)c2ccc(F)cc2F)n1. The van der Waals surface area contributed by atoms with Crippen molar-refractivity contribution in [1.29, 1.82) is 0 Å². The molecule has 1 unspecified atom stereocenters. The number of hydrogen-bond acceptors (Lipinski definition) is 5. The van der Waals surface area contributed by atoms with Crippen LogP contribution in [-0.4, -0.2) is 16.5 Å². The van der Waals surface area contributed by atoms with Gasteiger partial charge in [0.2, 0.25) is 5.13 Å². The molecule has 0 aliphatic heterocycles. The second-order valence-corrected chi connectivity index (χ2v) is 4.73. The lowest BCUT2D eigenvalue weighted by atomic mass is 10.1. The highest BCUT2D eigenvalue weighted by Crippen LogP contribution is 2.23. The van der Waals surface area contributed by atoms with Crippen LogP contribution in [0.2, 0.25) is 0 Å². The largest absolute Gasteiger partial charge is 0.377 e. The normalized spacial score (nSPS) is 12.4. The molecule has 0 fully saturated rings. The summed E-state index contributed by atoms with van der Waals surface area (Å²) in [5.41, 5.74) is 0.380. The molecule has 1 N–H and O–H groups in total. The predicted molar refractivity (Wildman–Crippen MR) is 69.0 cm³/mol. The molecule has 7 heteroatoms. The van der Waals surface area contributed by atoms with E-state index in [0.717, 1.165) is 6.07 Å². The second kappa shape index (κ2) is 6.03. The zero-order valence-corrected chi connectivity index (χ0v) is 11.3. The van der Waals surface area contributed by atoms with Gasteiger partial charge in [0, 0.05) is 30.3 Å². The fourth-order valence-electron chi connectivity index (χ4n) is 1.62. The van der Waals surface area contributed by atoms with Gasteiger partial charge in [0.15, 0.2) is 5.82 Å². The topological polar surface area (TPSA) is 47.0 Å². The number of benzene rings is 1. The Bertz CT molecular complexity index is 562. The maximum Gasteiger partial charge on any atom is 0.203 e. The number of halogens is 2. The lowest BCUT2D eigenvalue weighted by Crippen LogP contribution is -2.08. The molecule has 1 heterocycles. The summed E-state index contributed by atoms with van der Waals surface area (Å²) in [5, 5.41) is 3.60. The van der Waals surface area contributed by atoms with E-state index < -0.39 is 11.6 Å². The molecule has 1 atom stereocenters. The van der Waals surface area contributed by atoms with Crippen LogP contribution in [0.1, 0.15) is 24.4 Å². The summed E-state index contributed by atoms with van der Waals surface area (Å²) < 4.78 is 35.4. The summed E-state index contributed by atoms with van der Waals surface area (Å²) in [4.78, 5) is 4.19. The molecule has 0 aliphatic rings. The first kappa shape index (κ1) is 13.8. The van der Waals surface area contributed by atoms with Crippen molar-refractivity contribution < 1.29 is 13.5 Å². The molecule has 0 saturated carbocycles. The van der Waals surface area contributed by atoms with E-state index in [0.29, 0.717) is 23.1 Å². The number of nitrogens with zero attached hydrogens (tertiary/aromatic N) is 2. The first-order chi connectivity index (χ1) is 9.10. The van der Waals surface area contributed by atoms with Crippen LogP contribution in [-0.2, 0) is 11.3 Å². The van der Waals surface area contributed by atoms with Crippen molar-refractivity contribution in [1.82, 2.24) is 9.36 Å². The quantitative estimate of drug-likeness (QED) is 0.916. The van der Waals surface area contributed by atoms with Gasteiger partial charge in [-0.25, -0.2) is 13.8 Å². The third-order valence-corrected chi connectivity index (χ3v) is 3.19. The molecule has 0 spiro atoms. The van der Waals surface area contributed by atoms with E-state index in [4.69, 9.17) is 4.74 Å². The molecule has 1 aromatic carbocycles. The molecule has 19 heavy (non-hydrogen) atoms. The minimum absolute atomic E-state index is 0.330. The highest BCUT2D eigenvalue weighted by molar-refractivity contribution is 7.09. The van der Waals surface area contributed by atoms with E-state index in [1.165, 1.54) is 23.7 Å². The summed E-state index contributed by atoms with van der Waals surface area (Å²) in [6.07, 6.45) is 0. The first-order valence-electron chi connectivity index (χ1n) is 5.63. The van der Waals surface area contributed by atoms with Gasteiger partial charge in [-0.1, -0.05) is 6.07 Å². The average molecular weight is 285 g/mol. The zero-order chi connectivity index (χ0) is 13.8. The van der Waals surface area contributed by atoms with Gasteiger partial charge in [-0.05, 0) is 13.0 Å². The second-order valence-electron chi connectivity index (χ2n) is 3.98. The van der Waals surface area contributed by atoms with Crippen LogP contribution in [0.3, 0.4) is 0 Å². The van der Waals surface area contributed by atoms with Crippen molar-refractivity contribution in [3.8, 4) is 0 Å². The van der Waals surface area contributed by atoms with Crippen LogP contribution < -0.4 is 5.32 Å². The molecule has 0 bridgehead atoms. The van der Waals surface area contributed by atoms with Crippen LogP contribution in [0.25, 0.3) is 0 Å². The van der Waals surface area contributed by atoms with E-state index in [-0.39, 0.29) is 6.04 Å². The summed E-state index contributed by atoms with van der Waals surface area (Å²) in [6, 6.07) is 3.18. The average Bonchev–Trinajstić information content (AvgIpc) is 2.76. The van der Waals surface area contributed by atoms with E-state index in [9.17, 15) is 8.78 Å². The Balaban J connectivity index is 2.09. The molecule has 2 rings (SSSR count). The van der Waals surface area contributed by atoms with Gasteiger partial charge in [-0.2, -0.15) is 4.37 Å². The van der Waals surface area contributed by atoms with E-state index >= 15 is 0 Å². The van der Waals surface area contributed by atoms with Gasteiger partial charge in [-0.3, -0.25) is 0 Å². The van der Waals surface area contributed by atoms with Crippen molar-refractivity contribution in [3.63, 3.8) is 0 Å². The molecule has 4 nitrogen and oxygen atoms in total. The van der Waals surface area contributed by atoms with Crippen molar-refractivity contribution >= 4 is 16.7 Å². The Morgan fingerprint density at radius 1 is 1.42 bits per heavy atom. The monoisotopic (exact) mass is 285 g/mol. The predicted octanol–water partition coefficient (Wildman–Crippen LogP) is 3.14. The van der Waals surface area contributed by atoms with Crippen LogP contribution in [0, 0.1) is 11.6 Å². The fourth-order valence-corrected chi connectivity index (χ4v) is 2.28. The number of ether oxygens (including phenoxy) is 1. The van der Waals surface area contributed by atoms with Crippen molar-refractivity contribution in [2.45, 2.75) is 19.6 Å². The number of anilines is 1. The molecular formula is C12H13F2N3OS. The fraction of sp³-hybridized carbons (Fsp3) is 0.333. The number of aromatic nitrogens is 2. The minimum atomic E-state index is -0.591. The Hall–Kier alpha value is -1.60. The van der Waals surface area contributed by atoms with E-state index in [2.05, 4.69) is 14.7 Å². The molecule has 2 aromatic rings. The Kier molecular flexibility index (Phi) is 4.39. The number of methoxy groups -OCH3 is 1. The smallest absolute Gasteiger partial charge is 0.203 e. The summed E-state index contributed by atoms with van der Waals surface area (Å²) in [6.45, 7) is 2.10. The van der Waals surface area contributed by atoms with E-state index in [1.807, 2.05) is 0 Å². The van der Waals surface area contributed by atoms with Gasteiger partial charge in [0.25, 0.3) is 0 Å². The van der Waals surface area contributed by atoms with Gasteiger partial charge < -0.3 is 10.1 Å². The Morgan fingerprint density at radius 3 is 2.89 bits per heavy atom. The highest BCUT2D eigenvalue weighted by Gasteiger charge is 2.13. The van der Waals surface area contributed by atoms with Crippen LogP contribution in [0.15, 0.2) is 18.2 Å². The molecular weight excluding hydrogens is 272 g/mol. The zero-order valence-electron chi connectivity index (χ0n) is 10.5. The van der Waals surface area contributed by atoms with Crippen LogP contribution in [0.4, 0.5) is 13.9 Å². The summed E-state index contributed by atoms with van der Waals surface area (Å²) in [7, 11) is 1.56. The number of nitrogens with one attached hydrogen (secondary N) is 1. The maximum atomic E-state index is 13.6. The Labute approximate surface area is 113 Å². The van der Waals surface area contributed by atoms with Crippen molar-refractivity contribution in [2.75, 3.05) is 12.4 Å². The van der Waals surface area contributed by atoms with Crippen LogP contribution in [0.5, 0.6) is 0 Å². The molecule has 0 amide bonds. The minimum Gasteiger partial charge on any atom is -0.377 e. The Morgan fingerprint density at radius 2 is 2.21 bits per heavy atom. The first-order valence-corrected chi connectivity index (χ1v) is 6.40. The highest BCUT2D eigenvalue weighted by atomic mass is 32.1. The lowest BCUT2D eigenvalue weighted by Gasteiger charge is -2.13. The maximum absolute atomic E-state index is 13.6. The van der Waals surface area contributed by atoms with Crippen molar-refractivity contribution in [2.24, 2.45) is 0 Å². The molecule has 0 saturated heterocycles. The van der Waals surface area contributed by atoms with Crippen LogP contribution >= 0.6 is 11.5 Å². The van der Waals surface area contributed by atoms with Gasteiger partial charge in [0.05, 0.1) is 6.04 Å². The number of hydrogen-bond donors (Lipinski definition) is 1. The molecule has 0 aliphatic carbocycles. The third kappa shape index (κ3) is 3.45. The van der Waals surface area contributed by atoms with Gasteiger partial charge >= 0.3 is 0 Å². The molecule has 1 aromatic heterocycles. The standard InChI is InChI=1S/C12H13F2N3OS/c1-7(9-4-3-8(13)5-10(9)14)15-12-16-11(6-18-2)17-19-12/h3-5,7H,6H2,1-2H3,(H,15,16,17). The van der Waals surface area contributed by atoms with Gasteiger partial charge in [-0.15, -0.1) is 0 Å². The molecule has 102 valence electrons. The van der Waals surface area contributed by atoms with E-state index in [1.54, 1.807) is 14.0 Å². The lowest BCUT2D eigenvalue weighted by molar-refractivity contribution is 0.179. The molecule has 0 radical (unpaired) electrons.